The van der Waals surface area contributed by atoms with E-state index in [4.69, 9.17) is 28.3 Å². The summed E-state index contributed by atoms with van der Waals surface area (Å²) in [6.45, 7) is 2.25. The highest BCUT2D eigenvalue weighted by Gasteiger charge is 2.38. The molecule has 5 nitrogen and oxygen atoms in total. The molecular formula is C15H18Cl2N2O3. The van der Waals surface area contributed by atoms with Crippen LogP contribution in [0.3, 0.4) is 0 Å². The summed E-state index contributed by atoms with van der Waals surface area (Å²) in [6, 6.07) is 4.80. The molecule has 0 aliphatic carbocycles. The van der Waals surface area contributed by atoms with E-state index in [1.54, 1.807) is 30.0 Å². The van der Waals surface area contributed by atoms with Crippen LogP contribution in [0.2, 0.25) is 10.0 Å². The van der Waals surface area contributed by atoms with Crippen molar-refractivity contribution in [3.8, 4) is 0 Å². The lowest BCUT2D eigenvalue weighted by Gasteiger charge is -2.18. The van der Waals surface area contributed by atoms with Gasteiger partial charge in [-0.15, -0.1) is 0 Å². The first-order chi connectivity index (χ1) is 10.4. The molecule has 22 heavy (non-hydrogen) atoms. The molecule has 0 saturated carbocycles. The first-order valence-corrected chi connectivity index (χ1v) is 7.87. The number of nitrogens with zero attached hydrogens (tertiary/aromatic N) is 1. The SMILES string of the molecule is CC(CCO)NC(=O)C1CCN(c2ccc(Cl)c(Cl)c2)C1=O. The number of halogens is 2. The van der Waals surface area contributed by atoms with Crippen molar-refractivity contribution in [3.05, 3.63) is 28.2 Å². The van der Waals surface area contributed by atoms with E-state index in [0.717, 1.165) is 0 Å². The summed E-state index contributed by atoms with van der Waals surface area (Å²) >= 11 is 11.8. The third kappa shape index (κ3) is 3.72. The van der Waals surface area contributed by atoms with Gasteiger partial charge in [-0.1, -0.05) is 23.2 Å². The molecule has 2 atom stereocenters. The summed E-state index contributed by atoms with van der Waals surface area (Å²) in [5, 5.41) is 12.4. The first kappa shape index (κ1) is 17.1. The zero-order chi connectivity index (χ0) is 16.3. The molecule has 120 valence electrons. The summed E-state index contributed by atoms with van der Waals surface area (Å²) < 4.78 is 0. The third-order valence-corrected chi connectivity index (χ3v) is 4.43. The molecule has 1 saturated heterocycles. The van der Waals surface area contributed by atoms with Gasteiger partial charge in [0, 0.05) is 24.9 Å². The minimum Gasteiger partial charge on any atom is -0.396 e. The predicted octanol–water partition coefficient (Wildman–Crippen LogP) is 2.23. The maximum atomic E-state index is 12.4. The van der Waals surface area contributed by atoms with Crippen LogP contribution in [0.25, 0.3) is 0 Å². The van der Waals surface area contributed by atoms with E-state index in [1.165, 1.54) is 0 Å². The minimum absolute atomic E-state index is 0.00451. The van der Waals surface area contributed by atoms with Crippen LogP contribution < -0.4 is 10.2 Å². The number of carbonyl (C=O) groups is 2. The second kappa shape index (κ2) is 7.31. The number of carbonyl (C=O) groups excluding carboxylic acids is 2. The average Bonchev–Trinajstić information content (AvgIpc) is 2.84. The maximum absolute atomic E-state index is 12.4. The van der Waals surface area contributed by atoms with Crippen molar-refractivity contribution in [1.29, 1.82) is 0 Å². The van der Waals surface area contributed by atoms with Gasteiger partial charge in [0.1, 0.15) is 5.92 Å². The fraction of sp³-hybridized carbons (Fsp3) is 0.467. The second-order valence-corrected chi connectivity index (χ2v) is 6.17. The van der Waals surface area contributed by atoms with E-state index in [9.17, 15) is 9.59 Å². The van der Waals surface area contributed by atoms with E-state index in [0.29, 0.717) is 35.1 Å². The van der Waals surface area contributed by atoms with Gasteiger partial charge in [-0.25, -0.2) is 0 Å². The molecule has 0 radical (unpaired) electrons. The van der Waals surface area contributed by atoms with Crippen LogP contribution in [0.4, 0.5) is 5.69 Å². The number of benzene rings is 1. The molecule has 1 aliphatic rings. The van der Waals surface area contributed by atoms with Crippen LogP contribution in [-0.2, 0) is 9.59 Å². The molecule has 2 amide bonds. The smallest absolute Gasteiger partial charge is 0.239 e. The number of rotatable bonds is 5. The van der Waals surface area contributed by atoms with Crippen LogP contribution in [0.1, 0.15) is 19.8 Å². The minimum atomic E-state index is -0.699. The Morgan fingerprint density at radius 1 is 1.45 bits per heavy atom. The van der Waals surface area contributed by atoms with Gasteiger partial charge in [0.25, 0.3) is 0 Å². The summed E-state index contributed by atoms with van der Waals surface area (Å²) in [4.78, 5) is 26.1. The lowest BCUT2D eigenvalue weighted by Crippen LogP contribution is -2.41. The topological polar surface area (TPSA) is 69.6 Å². The van der Waals surface area contributed by atoms with E-state index >= 15 is 0 Å². The monoisotopic (exact) mass is 344 g/mol. The average molecular weight is 345 g/mol. The molecule has 1 aromatic carbocycles. The van der Waals surface area contributed by atoms with Crippen LogP contribution in [0.15, 0.2) is 18.2 Å². The number of hydrogen-bond acceptors (Lipinski definition) is 3. The third-order valence-electron chi connectivity index (χ3n) is 3.69. The van der Waals surface area contributed by atoms with Crippen molar-refractivity contribution in [2.24, 2.45) is 5.92 Å². The summed E-state index contributed by atoms with van der Waals surface area (Å²) in [7, 11) is 0. The number of amides is 2. The van der Waals surface area contributed by atoms with Gasteiger partial charge < -0.3 is 15.3 Å². The fourth-order valence-electron chi connectivity index (χ4n) is 2.44. The molecule has 1 aliphatic heterocycles. The highest BCUT2D eigenvalue weighted by atomic mass is 35.5. The summed E-state index contributed by atoms with van der Waals surface area (Å²) in [6.07, 6.45) is 0.917. The Hall–Kier alpha value is -1.30. The zero-order valence-electron chi connectivity index (χ0n) is 12.2. The molecular weight excluding hydrogens is 327 g/mol. The number of hydrogen-bond donors (Lipinski definition) is 2. The quantitative estimate of drug-likeness (QED) is 0.804. The highest BCUT2D eigenvalue weighted by molar-refractivity contribution is 6.42. The van der Waals surface area contributed by atoms with Crippen molar-refractivity contribution in [1.82, 2.24) is 5.32 Å². The van der Waals surface area contributed by atoms with Crippen molar-refractivity contribution < 1.29 is 14.7 Å². The Bertz CT molecular complexity index is 580. The Morgan fingerprint density at radius 2 is 2.18 bits per heavy atom. The maximum Gasteiger partial charge on any atom is 0.239 e. The van der Waals surface area contributed by atoms with Gasteiger partial charge in [-0.2, -0.15) is 0 Å². The molecule has 2 unspecified atom stereocenters. The van der Waals surface area contributed by atoms with Crippen molar-refractivity contribution in [2.75, 3.05) is 18.1 Å². The summed E-state index contributed by atoms with van der Waals surface area (Å²) in [5.74, 6) is -1.24. The normalized spacial score (nSPS) is 19.4. The number of aliphatic hydroxyl groups excluding tert-OH is 1. The van der Waals surface area contributed by atoms with E-state index in [2.05, 4.69) is 5.32 Å². The Labute approximate surface area is 139 Å². The molecule has 7 heteroatoms. The van der Waals surface area contributed by atoms with E-state index < -0.39 is 5.92 Å². The first-order valence-electron chi connectivity index (χ1n) is 7.11. The van der Waals surface area contributed by atoms with E-state index in [-0.39, 0.29) is 24.5 Å². The lowest BCUT2D eigenvalue weighted by atomic mass is 10.1. The second-order valence-electron chi connectivity index (χ2n) is 5.35. The Morgan fingerprint density at radius 3 is 2.82 bits per heavy atom. The Balaban J connectivity index is 2.06. The van der Waals surface area contributed by atoms with E-state index in [1.807, 2.05) is 0 Å². The van der Waals surface area contributed by atoms with Gasteiger partial charge in [-0.05, 0) is 38.0 Å². The highest BCUT2D eigenvalue weighted by Crippen LogP contribution is 2.31. The van der Waals surface area contributed by atoms with Gasteiger partial charge in [0.2, 0.25) is 11.8 Å². The fourth-order valence-corrected chi connectivity index (χ4v) is 2.73. The molecule has 0 spiro atoms. The lowest BCUT2D eigenvalue weighted by molar-refractivity contribution is -0.132. The molecule has 1 aromatic rings. The van der Waals surface area contributed by atoms with Crippen LogP contribution in [0.5, 0.6) is 0 Å². The van der Waals surface area contributed by atoms with Crippen molar-refractivity contribution >= 4 is 40.7 Å². The molecule has 1 heterocycles. The van der Waals surface area contributed by atoms with Gasteiger partial charge in [0.15, 0.2) is 0 Å². The van der Waals surface area contributed by atoms with Crippen LogP contribution >= 0.6 is 23.2 Å². The van der Waals surface area contributed by atoms with Crippen molar-refractivity contribution in [3.63, 3.8) is 0 Å². The zero-order valence-corrected chi connectivity index (χ0v) is 13.7. The molecule has 0 bridgehead atoms. The van der Waals surface area contributed by atoms with Crippen LogP contribution in [0, 0.1) is 5.92 Å². The molecule has 2 rings (SSSR count). The largest absolute Gasteiger partial charge is 0.396 e. The molecule has 1 fully saturated rings. The number of aliphatic hydroxyl groups is 1. The van der Waals surface area contributed by atoms with Crippen molar-refractivity contribution in [2.45, 2.75) is 25.8 Å². The van der Waals surface area contributed by atoms with Gasteiger partial charge >= 0.3 is 0 Å². The van der Waals surface area contributed by atoms with Gasteiger partial charge in [-0.3, -0.25) is 9.59 Å². The van der Waals surface area contributed by atoms with Crippen LogP contribution in [-0.4, -0.2) is 36.1 Å². The standard InChI is InChI=1S/C15H18Cl2N2O3/c1-9(5-7-20)18-14(21)11-4-6-19(15(11)22)10-2-3-12(16)13(17)8-10/h2-3,8-9,11,20H,4-7H2,1H3,(H,18,21). The summed E-state index contributed by atoms with van der Waals surface area (Å²) in [5.41, 5.74) is 0.637. The van der Waals surface area contributed by atoms with Gasteiger partial charge in [0.05, 0.1) is 10.0 Å². The Kier molecular flexibility index (Phi) is 5.67. The number of nitrogens with one attached hydrogen (secondary N) is 1. The molecule has 0 aromatic heterocycles. The molecule has 2 N–H and O–H groups in total. The number of anilines is 1. The predicted molar refractivity (Wildman–Crippen MR) is 86.2 cm³/mol.